The van der Waals surface area contributed by atoms with Crippen LogP contribution in [0.4, 0.5) is 0 Å². The summed E-state index contributed by atoms with van der Waals surface area (Å²) in [6.07, 6.45) is 1.08. The van der Waals surface area contributed by atoms with E-state index in [0.29, 0.717) is 5.56 Å². The maximum Gasteiger partial charge on any atom is 0.338 e. The minimum Gasteiger partial charge on any atom is -0.464 e. The van der Waals surface area contributed by atoms with Crippen LogP contribution in [0.5, 0.6) is 0 Å². The van der Waals surface area contributed by atoms with E-state index in [1.165, 1.54) is 0 Å². The van der Waals surface area contributed by atoms with Crippen molar-refractivity contribution in [2.24, 2.45) is 0 Å². The standard InChI is InChI=1S/C14H19BO7S/c15-10-11-3-1-4-12(9-11)14(17)22-6-2-5-13(16)21-7-8-23(18,19)20/h1,3-4,9H,2,5-8,10,15H2,(H,18,19,20). The molecule has 23 heavy (non-hydrogen) atoms. The lowest BCUT2D eigenvalue weighted by atomic mass is 9.96. The van der Waals surface area contributed by atoms with Crippen molar-refractivity contribution in [3.63, 3.8) is 0 Å². The van der Waals surface area contributed by atoms with Crippen molar-refractivity contribution >= 4 is 29.9 Å². The Kier molecular flexibility index (Phi) is 7.77. The smallest absolute Gasteiger partial charge is 0.338 e. The number of hydrogen-bond acceptors (Lipinski definition) is 6. The monoisotopic (exact) mass is 342 g/mol. The van der Waals surface area contributed by atoms with E-state index in [0.717, 1.165) is 11.9 Å². The van der Waals surface area contributed by atoms with Gasteiger partial charge in [-0.1, -0.05) is 24.0 Å². The molecular weight excluding hydrogens is 323 g/mol. The van der Waals surface area contributed by atoms with Crippen LogP contribution in [-0.4, -0.2) is 51.7 Å². The van der Waals surface area contributed by atoms with Gasteiger partial charge in [-0.15, -0.1) is 0 Å². The third-order valence-corrected chi connectivity index (χ3v) is 3.62. The van der Waals surface area contributed by atoms with Crippen molar-refractivity contribution < 1.29 is 32.0 Å². The summed E-state index contributed by atoms with van der Waals surface area (Å²) >= 11 is 0. The van der Waals surface area contributed by atoms with E-state index in [1.807, 2.05) is 13.9 Å². The normalized spacial score (nSPS) is 11.0. The lowest BCUT2D eigenvalue weighted by Gasteiger charge is -2.06. The fourth-order valence-electron chi connectivity index (χ4n) is 1.72. The minimum absolute atomic E-state index is 0.00619. The molecule has 1 aromatic carbocycles. The molecule has 0 aliphatic heterocycles. The number of carbonyl (C=O) groups excluding carboxylic acids is 2. The number of esters is 2. The van der Waals surface area contributed by atoms with Gasteiger partial charge in [0.1, 0.15) is 20.2 Å². The van der Waals surface area contributed by atoms with E-state index in [-0.39, 0.29) is 19.4 Å². The van der Waals surface area contributed by atoms with Gasteiger partial charge in [0.05, 0.1) is 12.2 Å². The summed E-state index contributed by atoms with van der Waals surface area (Å²) in [5.74, 6) is -1.71. The molecule has 0 unspecified atom stereocenters. The zero-order chi connectivity index (χ0) is 17.3. The molecule has 1 aromatic rings. The molecule has 0 saturated heterocycles. The summed E-state index contributed by atoms with van der Waals surface area (Å²) in [6, 6.07) is 7.11. The Morgan fingerprint density at radius 1 is 1.17 bits per heavy atom. The molecule has 7 nitrogen and oxygen atoms in total. The van der Waals surface area contributed by atoms with Crippen molar-refractivity contribution in [2.45, 2.75) is 19.2 Å². The second-order valence-corrected chi connectivity index (χ2v) is 6.37. The number of hydrogen-bond donors (Lipinski definition) is 1. The summed E-state index contributed by atoms with van der Waals surface area (Å²) in [5.41, 5.74) is 1.49. The number of carbonyl (C=O) groups is 2. The molecule has 0 aliphatic carbocycles. The molecule has 1 N–H and O–H groups in total. The predicted molar refractivity (Wildman–Crippen MR) is 85.6 cm³/mol. The summed E-state index contributed by atoms with van der Waals surface area (Å²) < 4.78 is 39.0. The topological polar surface area (TPSA) is 107 Å². The molecular formula is C14H19BO7S. The molecule has 0 aromatic heterocycles. The van der Waals surface area contributed by atoms with Gasteiger partial charge >= 0.3 is 11.9 Å². The first kappa shape index (κ1) is 19.2. The summed E-state index contributed by atoms with van der Waals surface area (Å²) in [7, 11) is -2.16. The Labute approximate surface area is 136 Å². The Morgan fingerprint density at radius 3 is 2.57 bits per heavy atom. The lowest BCUT2D eigenvalue weighted by molar-refractivity contribution is -0.143. The first-order valence-electron chi connectivity index (χ1n) is 7.18. The third kappa shape index (κ3) is 8.37. The maximum atomic E-state index is 11.8. The highest BCUT2D eigenvalue weighted by molar-refractivity contribution is 7.85. The zero-order valence-corrected chi connectivity index (χ0v) is 13.7. The van der Waals surface area contributed by atoms with Gasteiger partial charge in [-0.05, 0) is 18.6 Å². The first-order valence-corrected chi connectivity index (χ1v) is 8.79. The van der Waals surface area contributed by atoms with Crippen LogP contribution in [0.2, 0.25) is 0 Å². The Balaban J connectivity index is 2.23. The molecule has 0 amide bonds. The summed E-state index contributed by atoms with van der Waals surface area (Å²) in [6.45, 7) is -0.343. The highest BCUT2D eigenvalue weighted by atomic mass is 32.2. The van der Waals surface area contributed by atoms with Crippen LogP contribution < -0.4 is 0 Å². The SMILES string of the molecule is BCc1cccc(C(=O)OCCCC(=O)OCCS(=O)(=O)O)c1. The minimum atomic E-state index is -4.14. The van der Waals surface area contributed by atoms with Crippen LogP contribution in [-0.2, 0) is 30.7 Å². The molecule has 0 spiro atoms. The van der Waals surface area contributed by atoms with E-state index >= 15 is 0 Å². The molecule has 0 heterocycles. The van der Waals surface area contributed by atoms with Gasteiger partial charge in [-0.25, -0.2) is 4.79 Å². The van der Waals surface area contributed by atoms with Gasteiger partial charge < -0.3 is 9.47 Å². The number of rotatable bonds is 9. The van der Waals surface area contributed by atoms with E-state index < -0.39 is 34.4 Å². The molecule has 0 fully saturated rings. The van der Waals surface area contributed by atoms with Crippen molar-refractivity contribution in [3.8, 4) is 0 Å². The van der Waals surface area contributed by atoms with Gasteiger partial charge in [-0.2, -0.15) is 8.42 Å². The average Bonchev–Trinajstić information content (AvgIpc) is 2.50. The summed E-state index contributed by atoms with van der Waals surface area (Å²) in [5, 5.41) is 0. The summed E-state index contributed by atoms with van der Waals surface area (Å²) in [4.78, 5) is 23.1. The second kappa shape index (κ2) is 9.31. The molecule has 0 bridgehead atoms. The van der Waals surface area contributed by atoms with Crippen LogP contribution >= 0.6 is 0 Å². The Hall–Kier alpha value is -1.87. The van der Waals surface area contributed by atoms with Crippen LogP contribution in [0.1, 0.15) is 28.8 Å². The van der Waals surface area contributed by atoms with Gasteiger partial charge in [0.2, 0.25) is 0 Å². The number of ether oxygens (including phenoxy) is 2. The van der Waals surface area contributed by atoms with E-state index in [4.69, 9.17) is 9.29 Å². The Morgan fingerprint density at radius 2 is 1.91 bits per heavy atom. The second-order valence-electron chi connectivity index (χ2n) is 4.80. The van der Waals surface area contributed by atoms with Gasteiger partial charge in [0, 0.05) is 6.42 Å². The molecule has 0 saturated carbocycles. The lowest BCUT2D eigenvalue weighted by Crippen LogP contribution is -2.15. The van der Waals surface area contributed by atoms with Crippen LogP contribution in [0.3, 0.4) is 0 Å². The maximum absolute atomic E-state index is 11.8. The van der Waals surface area contributed by atoms with Crippen molar-refractivity contribution in [2.75, 3.05) is 19.0 Å². The molecule has 0 atom stereocenters. The first-order chi connectivity index (χ1) is 10.8. The van der Waals surface area contributed by atoms with E-state index in [1.54, 1.807) is 18.2 Å². The van der Waals surface area contributed by atoms with Crippen molar-refractivity contribution in [1.82, 2.24) is 0 Å². The van der Waals surface area contributed by atoms with Crippen LogP contribution in [0, 0.1) is 0 Å². The molecule has 0 radical (unpaired) electrons. The highest BCUT2D eigenvalue weighted by Crippen LogP contribution is 2.07. The largest absolute Gasteiger partial charge is 0.464 e. The van der Waals surface area contributed by atoms with E-state index in [2.05, 4.69) is 4.74 Å². The Bertz CT molecular complexity index is 642. The quantitative estimate of drug-likeness (QED) is 0.295. The third-order valence-electron chi connectivity index (χ3n) is 2.93. The molecule has 1 rings (SSSR count). The fraction of sp³-hybridized carbons (Fsp3) is 0.429. The highest BCUT2D eigenvalue weighted by Gasteiger charge is 2.10. The molecule has 126 valence electrons. The average molecular weight is 342 g/mol. The zero-order valence-electron chi connectivity index (χ0n) is 12.9. The number of benzene rings is 1. The molecule has 0 aliphatic rings. The van der Waals surface area contributed by atoms with Crippen molar-refractivity contribution in [3.05, 3.63) is 35.4 Å². The fourth-order valence-corrected chi connectivity index (χ4v) is 2.01. The van der Waals surface area contributed by atoms with E-state index in [9.17, 15) is 18.0 Å². The van der Waals surface area contributed by atoms with Gasteiger partial charge in [0.15, 0.2) is 0 Å². The predicted octanol–water partition coefficient (Wildman–Crippen LogP) is 0.188. The van der Waals surface area contributed by atoms with Crippen LogP contribution in [0.25, 0.3) is 0 Å². The van der Waals surface area contributed by atoms with Crippen LogP contribution in [0.15, 0.2) is 24.3 Å². The van der Waals surface area contributed by atoms with Gasteiger partial charge in [-0.3, -0.25) is 9.35 Å². The van der Waals surface area contributed by atoms with Crippen molar-refractivity contribution in [1.29, 1.82) is 0 Å². The van der Waals surface area contributed by atoms with Gasteiger partial charge in [0.25, 0.3) is 10.1 Å². The molecule has 9 heteroatoms.